The zero-order valence-corrected chi connectivity index (χ0v) is 13.9. The fourth-order valence-electron chi connectivity index (χ4n) is 1.87. The molecule has 1 aromatic heterocycles. The first kappa shape index (κ1) is 17.1. The lowest BCUT2D eigenvalue weighted by Gasteiger charge is -2.10. The molecule has 2 aromatic rings. The number of aryl methyl sites for hydroxylation is 1. The zero-order chi connectivity index (χ0) is 17.0. The second-order valence-corrected chi connectivity index (χ2v) is 5.30. The molecule has 1 aromatic carbocycles. The van der Waals surface area contributed by atoms with Gasteiger partial charge in [0.15, 0.2) is 17.3 Å². The van der Waals surface area contributed by atoms with Gasteiger partial charge in [-0.3, -0.25) is 9.48 Å². The van der Waals surface area contributed by atoms with Crippen LogP contribution in [0.15, 0.2) is 34.9 Å². The van der Waals surface area contributed by atoms with Gasteiger partial charge in [-0.1, -0.05) is 0 Å². The Kier molecular flexibility index (Phi) is 5.49. The van der Waals surface area contributed by atoms with Crippen LogP contribution >= 0.6 is 15.9 Å². The summed E-state index contributed by atoms with van der Waals surface area (Å²) in [4.78, 5) is 12.2. The number of nitrogens with zero attached hydrogens (tertiary/aromatic N) is 2. The van der Waals surface area contributed by atoms with Crippen molar-refractivity contribution in [3.63, 3.8) is 0 Å². The number of carbonyl (C=O) groups is 1. The molecule has 1 heterocycles. The van der Waals surface area contributed by atoms with Crippen LogP contribution in [0.1, 0.15) is 16.1 Å². The topological polar surface area (TPSA) is 53.3 Å². The van der Waals surface area contributed by atoms with Crippen LogP contribution in [0.3, 0.4) is 0 Å². The molecule has 0 atom stereocenters. The third kappa shape index (κ3) is 4.16. The van der Waals surface area contributed by atoms with E-state index in [1.54, 1.807) is 24.0 Å². The number of alkyl halides is 2. The summed E-state index contributed by atoms with van der Waals surface area (Å²) in [6.45, 7) is -2.97. The summed E-state index contributed by atoms with van der Waals surface area (Å²) >= 11 is 3.33. The maximum Gasteiger partial charge on any atom is 0.387 e. The van der Waals surface area contributed by atoms with Crippen LogP contribution in [-0.4, -0.2) is 29.3 Å². The summed E-state index contributed by atoms with van der Waals surface area (Å²) < 4.78 is 36.2. The number of rotatable bonds is 6. The molecule has 0 bridgehead atoms. The first-order chi connectivity index (χ1) is 10.9. The highest BCUT2D eigenvalue weighted by atomic mass is 79.9. The van der Waals surface area contributed by atoms with E-state index in [1.807, 2.05) is 0 Å². The summed E-state index contributed by atoms with van der Waals surface area (Å²) in [5.74, 6) is -0.372. The van der Waals surface area contributed by atoms with Crippen molar-refractivity contribution in [1.29, 1.82) is 0 Å². The van der Waals surface area contributed by atoms with Gasteiger partial charge in [-0.15, -0.1) is 0 Å². The van der Waals surface area contributed by atoms with Gasteiger partial charge in [0.1, 0.15) is 0 Å². The van der Waals surface area contributed by atoms with Crippen molar-refractivity contribution in [3.8, 4) is 11.5 Å². The van der Waals surface area contributed by atoms with E-state index in [-0.39, 0.29) is 22.8 Å². The van der Waals surface area contributed by atoms with Gasteiger partial charge in [0.05, 0.1) is 23.5 Å². The monoisotopic (exact) mass is 386 g/mol. The van der Waals surface area contributed by atoms with Crippen molar-refractivity contribution >= 4 is 27.8 Å². The molecule has 5 nitrogen and oxygen atoms in total. The van der Waals surface area contributed by atoms with Gasteiger partial charge in [-0.25, -0.2) is 0 Å². The van der Waals surface area contributed by atoms with Crippen LogP contribution in [0, 0.1) is 0 Å². The van der Waals surface area contributed by atoms with Crippen molar-refractivity contribution < 1.29 is 23.0 Å². The Bertz CT molecular complexity index is 725. The highest BCUT2D eigenvalue weighted by molar-refractivity contribution is 9.10. The first-order valence-corrected chi connectivity index (χ1v) is 7.24. The molecule has 0 fully saturated rings. The fraction of sp³-hybridized carbons (Fsp3) is 0.200. The number of hydrogen-bond donors (Lipinski definition) is 0. The number of hydrogen-bond acceptors (Lipinski definition) is 4. The predicted octanol–water partition coefficient (Wildman–Crippen LogP) is 3.69. The van der Waals surface area contributed by atoms with E-state index in [1.165, 1.54) is 31.4 Å². The first-order valence-electron chi connectivity index (χ1n) is 6.45. The SMILES string of the molecule is COc1cc(C(=O)/C=C/c2c(Br)cnn2C)ccc1OC(F)F. The van der Waals surface area contributed by atoms with Gasteiger partial charge in [0, 0.05) is 12.6 Å². The minimum atomic E-state index is -2.97. The van der Waals surface area contributed by atoms with E-state index >= 15 is 0 Å². The molecule has 0 saturated carbocycles. The molecule has 0 unspecified atom stereocenters. The molecule has 0 spiro atoms. The Morgan fingerprint density at radius 1 is 1.39 bits per heavy atom. The lowest BCUT2D eigenvalue weighted by Crippen LogP contribution is -2.04. The van der Waals surface area contributed by atoms with E-state index in [9.17, 15) is 13.6 Å². The number of ether oxygens (including phenoxy) is 2. The normalized spacial score (nSPS) is 11.2. The quantitative estimate of drug-likeness (QED) is 0.561. The maximum atomic E-state index is 12.3. The van der Waals surface area contributed by atoms with Crippen molar-refractivity contribution in [2.75, 3.05) is 7.11 Å². The van der Waals surface area contributed by atoms with Crippen LogP contribution in [0.2, 0.25) is 0 Å². The number of methoxy groups -OCH3 is 1. The Labute approximate surface area is 139 Å². The van der Waals surface area contributed by atoms with Crippen LogP contribution in [0.4, 0.5) is 8.78 Å². The summed E-state index contributed by atoms with van der Waals surface area (Å²) in [7, 11) is 3.05. The number of ketones is 1. The molecule has 122 valence electrons. The number of benzene rings is 1. The van der Waals surface area contributed by atoms with E-state index in [0.717, 1.165) is 10.2 Å². The van der Waals surface area contributed by atoms with E-state index in [0.29, 0.717) is 0 Å². The Morgan fingerprint density at radius 2 is 2.13 bits per heavy atom. The summed E-state index contributed by atoms with van der Waals surface area (Å²) in [6, 6.07) is 4.01. The molecule has 0 radical (unpaired) electrons. The van der Waals surface area contributed by atoms with Gasteiger partial charge < -0.3 is 9.47 Å². The van der Waals surface area contributed by atoms with Crippen molar-refractivity contribution in [2.45, 2.75) is 6.61 Å². The van der Waals surface area contributed by atoms with Crippen LogP contribution in [0.25, 0.3) is 6.08 Å². The summed E-state index contributed by atoms with van der Waals surface area (Å²) in [5.41, 5.74) is 1.01. The van der Waals surface area contributed by atoms with E-state index in [4.69, 9.17) is 4.74 Å². The number of carbonyl (C=O) groups excluding carboxylic acids is 1. The molecule has 0 aliphatic carbocycles. The molecule has 23 heavy (non-hydrogen) atoms. The molecular formula is C15H13BrF2N2O3. The number of aromatic nitrogens is 2. The van der Waals surface area contributed by atoms with Gasteiger partial charge in [0.2, 0.25) is 0 Å². The highest BCUT2D eigenvalue weighted by Gasteiger charge is 2.13. The van der Waals surface area contributed by atoms with Gasteiger partial charge in [-0.2, -0.15) is 13.9 Å². The molecule has 0 N–H and O–H groups in total. The molecule has 8 heteroatoms. The largest absolute Gasteiger partial charge is 0.493 e. The Morgan fingerprint density at radius 3 is 2.70 bits per heavy atom. The molecule has 2 rings (SSSR count). The standard InChI is InChI=1S/C15H13BrF2N2O3/c1-20-11(10(16)8-19-20)4-5-12(21)9-3-6-13(23-15(17)18)14(7-9)22-2/h3-8,15H,1-2H3/b5-4+. The van der Waals surface area contributed by atoms with E-state index in [2.05, 4.69) is 25.8 Å². The lowest BCUT2D eigenvalue weighted by molar-refractivity contribution is -0.0512. The average molecular weight is 387 g/mol. The Hall–Kier alpha value is -2.22. The number of allylic oxidation sites excluding steroid dienone is 1. The second kappa shape index (κ2) is 7.36. The minimum absolute atomic E-state index is 0.0614. The molecule has 0 saturated heterocycles. The highest BCUT2D eigenvalue weighted by Crippen LogP contribution is 2.29. The second-order valence-electron chi connectivity index (χ2n) is 4.44. The molecule has 0 aliphatic heterocycles. The molecular weight excluding hydrogens is 374 g/mol. The predicted molar refractivity (Wildman–Crippen MR) is 83.9 cm³/mol. The lowest BCUT2D eigenvalue weighted by atomic mass is 10.1. The summed E-state index contributed by atoms with van der Waals surface area (Å²) in [5, 5.41) is 4.03. The van der Waals surface area contributed by atoms with Crippen LogP contribution < -0.4 is 9.47 Å². The van der Waals surface area contributed by atoms with Crippen molar-refractivity contribution in [2.24, 2.45) is 7.05 Å². The third-order valence-corrected chi connectivity index (χ3v) is 3.61. The molecule has 0 amide bonds. The van der Waals surface area contributed by atoms with Gasteiger partial charge >= 0.3 is 6.61 Å². The zero-order valence-electron chi connectivity index (χ0n) is 12.3. The van der Waals surface area contributed by atoms with Crippen LogP contribution in [0.5, 0.6) is 11.5 Å². The van der Waals surface area contributed by atoms with Gasteiger partial charge in [0.25, 0.3) is 0 Å². The van der Waals surface area contributed by atoms with E-state index < -0.39 is 6.61 Å². The van der Waals surface area contributed by atoms with Crippen molar-refractivity contribution in [3.05, 3.63) is 46.2 Å². The Balaban J connectivity index is 2.23. The van der Waals surface area contributed by atoms with Gasteiger partial charge in [-0.05, 0) is 46.3 Å². The number of halogens is 3. The average Bonchev–Trinajstić information content (AvgIpc) is 2.83. The minimum Gasteiger partial charge on any atom is -0.493 e. The fourth-order valence-corrected chi connectivity index (χ4v) is 2.35. The molecule has 0 aliphatic rings. The smallest absolute Gasteiger partial charge is 0.387 e. The maximum absolute atomic E-state index is 12.3. The third-order valence-electron chi connectivity index (χ3n) is 2.99. The van der Waals surface area contributed by atoms with Crippen LogP contribution in [-0.2, 0) is 7.05 Å². The van der Waals surface area contributed by atoms with Crippen molar-refractivity contribution in [1.82, 2.24) is 9.78 Å². The summed E-state index contributed by atoms with van der Waals surface area (Å²) in [6.07, 6.45) is 4.59.